The third-order valence-electron chi connectivity index (χ3n) is 2.89. The number of ketones is 1. The lowest BCUT2D eigenvalue weighted by atomic mass is 9.81. The number of hydrogen-bond donors (Lipinski definition) is 0. The minimum absolute atomic E-state index is 0.0494. The lowest BCUT2D eigenvalue weighted by Crippen LogP contribution is -2.62. The maximum atomic E-state index is 11.7. The number of hydrogen-bond acceptors (Lipinski definition) is 3. The average Bonchev–Trinajstić information content (AvgIpc) is 1.98. The van der Waals surface area contributed by atoms with Gasteiger partial charge in [0.1, 0.15) is 0 Å². The molecule has 0 aromatic heterocycles. The third-order valence-corrected chi connectivity index (χ3v) is 2.89. The highest BCUT2D eigenvalue weighted by Gasteiger charge is 2.47. The molecular weight excluding hydrogens is 166 g/mol. The van der Waals surface area contributed by atoms with Gasteiger partial charge in [-0.05, 0) is 34.1 Å². The van der Waals surface area contributed by atoms with Crippen LogP contribution in [0.5, 0.6) is 0 Å². The number of hydroxylamine groups is 2. The summed E-state index contributed by atoms with van der Waals surface area (Å²) in [4.78, 5) is 17.0. The van der Waals surface area contributed by atoms with E-state index >= 15 is 0 Å². The van der Waals surface area contributed by atoms with E-state index in [9.17, 15) is 4.79 Å². The number of rotatable bonds is 1. The molecule has 1 saturated heterocycles. The fourth-order valence-electron chi connectivity index (χ4n) is 2.17. The van der Waals surface area contributed by atoms with Crippen LogP contribution in [0.3, 0.4) is 0 Å². The first-order valence-electron chi connectivity index (χ1n) is 4.70. The van der Waals surface area contributed by atoms with Crippen molar-refractivity contribution in [3.63, 3.8) is 0 Å². The maximum absolute atomic E-state index is 11.7. The Morgan fingerprint density at radius 3 is 2.23 bits per heavy atom. The van der Waals surface area contributed by atoms with E-state index in [0.717, 1.165) is 6.42 Å². The van der Waals surface area contributed by atoms with Crippen LogP contribution in [0, 0.1) is 0 Å². The molecule has 3 nitrogen and oxygen atoms in total. The number of carbonyl (C=O) groups excluding carboxylic acids is 1. The van der Waals surface area contributed by atoms with Gasteiger partial charge in [0.15, 0.2) is 5.78 Å². The molecule has 1 fully saturated rings. The molecule has 0 N–H and O–H groups in total. The van der Waals surface area contributed by atoms with E-state index in [1.807, 2.05) is 18.9 Å². The molecule has 0 atom stereocenters. The Morgan fingerprint density at radius 2 is 1.85 bits per heavy atom. The Kier molecular flexibility index (Phi) is 2.52. The quantitative estimate of drug-likeness (QED) is 0.623. The second kappa shape index (κ2) is 3.07. The minimum Gasteiger partial charge on any atom is -0.301 e. The van der Waals surface area contributed by atoms with E-state index < -0.39 is 5.54 Å². The highest BCUT2D eigenvalue weighted by molar-refractivity contribution is 5.88. The summed E-state index contributed by atoms with van der Waals surface area (Å²) in [5.74, 6) is 0.258. The van der Waals surface area contributed by atoms with Crippen molar-refractivity contribution in [2.75, 3.05) is 7.11 Å². The van der Waals surface area contributed by atoms with Crippen molar-refractivity contribution in [2.24, 2.45) is 0 Å². The van der Waals surface area contributed by atoms with Gasteiger partial charge in [-0.1, -0.05) is 0 Å². The number of piperidine rings is 1. The second-order valence-corrected chi connectivity index (χ2v) is 4.77. The fraction of sp³-hybridized carbons (Fsp3) is 0.900. The molecule has 1 heterocycles. The fourth-order valence-corrected chi connectivity index (χ4v) is 2.17. The summed E-state index contributed by atoms with van der Waals surface area (Å²) in [6, 6.07) is 0. The Balaban J connectivity index is 2.98. The molecule has 1 aliphatic rings. The van der Waals surface area contributed by atoms with Crippen molar-refractivity contribution in [1.82, 2.24) is 5.06 Å². The SMILES string of the molecule is CON1C(C)(C)CCC(=O)C1(C)C. The Hall–Kier alpha value is -0.410. The van der Waals surface area contributed by atoms with Gasteiger partial charge >= 0.3 is 0 Å². The smallest absolute Gasteiger partial charge is 0.154 e. The van der Waals surface area contributed by atoms with Gasteiger partial charge in [0.25, 0.3) is 0 Å². The van der Waals surface area contributed by atoms with Gasteiger partial charge in [0, 0.05) is 12.0 Å². The Morgan fingerprint density at radius 1 is 1.31 bits per heavy atom. The van der Waals surface area contributed by atoms with Crippen molar-refractivity contribution in [3.05, 3.63) is 0 Å². The molecule has 13 heavy (non-hydrogen) atoms. The minimum atomic E-state index is -0.490. The lowest BCUT2D eigenvalue weighted by Gasteiger charge is -2.49. The molecule has 0 saturated carbocycles. The number of nitrogens with zero attached hydrogens (tertiary/aromatic N) is 1. The molecule has 0 aliphatic carbocycles. The largest absolute Gasteiger partial charge is 0.301 e. The first kappa shape index (κ1) is 10.7. The highest BCUT2D eigenvalue weighted by Crippen LogP contribution is 2.35. The third kappa shape index (κ3) is 1.63. The first-order chi connectivity index (χ1) is 5.82. The number of Topliss-reactive ketones (excluding diaryl/α,β-unsaturated/α-hetero) is 1. The summed E-state index contributed by atoms with van der Waals surface area (Å²) in [7, 11) is 1.63. The van der Waals surface area contributed by atoms with Crippen molar-refractivity contribution in [2.45, 2.75) is 51.6 Å². The molecule has 76 valence electrons. The molecule has 1 aliphatic heterocycles. The molecule has 0 aromatic rings. The van der Waals surface area contributed by atoms with Crippen LogP contribution in [0.4, 0.5) is 0 Å². The van der Waals surface area contributed by atoms with E-state index in [1.54, 1.807) is 7.11 Å². The summed E-state index contributed by atoms with van der Waals surface area (Å²) in [5, 5.41) is 1.81. The zero-order valence-corrected chi connectivity index (χ0v) is 9.18. The topological polar surface area (TPSA) is 29.5 Å². The van der Waals surface area contributed by atoms with Crippen LogP contribution < -0.4 is 0 Å². The van der Waals surface area contributed by atoms with Crippen LogP contribution >= 0.6 is 0 Å². The number of carbonyl (C=O) groups is 1. The van der Waals surface area contributed by atoms with Crippen LogP contribution in [-0.2, 0) is 9.63 Å². The van der Waals surface area contributed by atoms with Gasteiger partial charge in [-0.15, -0.1) is 0 Å². The molecule has 0 bridgehead atoms. The molecule has 1 rings (SSSR count). The summed E-state index contributed by atoms with van der Waals surface area (Å²) in [6.45, 7) is 8.04. The summed E-state index contributed by atoms with van der Waals surface area (Å²) in [6.07, 6.45) is 1.52. The van der Waals surface area contributed by atoms with Crippen molar-refractivity contribution in [3.8, 4) is 0 Å². The predicted molar refractivity (Wildman–Crippen MR) is 51.2 cm³/mol. The van der Waals surface area contributed by atoms with Crippen LogP contribution in [0.25, 0.3) is 0 Å². The highest BCUT2D eigenvalue weighted by atomic mass is 16.7. The van der Waals surface area contributed by atoms with E-state index in [1.165, 1.54) is 0 Å². The molecule has 3 heteroatoms. The van der Waals surface area contributed by atoms with E-state index in [-0.39, 0.29) is 11.3 Å². The van der Waals surface area contributed by atoms with E-state index in [4.69, 9.17) is 4.84 Å². The Labute approximate surface area is 80.0 Å². The molecule has 0 radical (unpaired) electrons. The average molecular weight is 185 g/mol. The van der Waals surface area contributed by atoms with Gasteiger partial charge in [-0.25, -0.2) is 0 Å². The van der Waals surface area contributed by atoms with Gasteiger partial charge in [0.2, 0.25) is 0 Å². The Bertz CT molecular complexity index is 221. The van der Waals surface area contributed by atoms with E-state index in [0.29, 0.717) is 6.42 Å². The molecular formula is C10H19NO2. The zero-order chi connectivity index (χ0) is 10.3. The van der Waals surface area contributed by atoms with Crippen LogP contribution in [0.2, 0.25) is 0 Å². The van der Waals surface area contributed by atoms with E-state index in [2.05, 4.69) is 13.8 Å². The van der Waals surface area contributed by atoms with Crippen molar-refractivity contribution in [1.29, 1.82) is 0 Å². The second-order valence-electron chi connectivity index (χ2n) is 4.77. The first-order valence-corrected chi connectivity index (χ1v) is 4.70. The molecule has 0 unspecified atom stereocenters. The zero-order valence-electron chi connectivity index (χ0n) is 9.18. The normalized spacial score (nSPS) is 27.6. The van der Waals surface area contributed by atoms with Gasteiger partial charge in [-0.2, -0.15) is 5.06 Å². The summed E-state index contributed by atoms with van der Waals surface area (Å²) >= 11 is 0. The standard InChI is InChI=1S/C10H19NO2/c1-9(2)7-6-8(12)10(3,4)11(9)13-5/h6-7H2,1-5H3. The van der Waals surface area contributed by atoms with Crippen LogP contribution in [-0.4, -0.2) is 29.0 Å². The van der Waals surface area contributed by atoms with Gasteiger partial charge < -0.3 is 4.84 Å². The van der Waals surface area contributed by atoms with Crippen molar-refractivity contribution >= 4 is 5.78 Å². The molecule has 0 aromatic carbocycles. The lowest BCUT2D eigenvalue weighted by molar-refractivity contribution is -0.253. The summed E-state index contributed by atoms with van der Waals surface area (Å²) in [5.41, 5.74) is -0.539. The van der Waals surface area contributed by atoms with Gasteiger partial charge in [-0.3, -0.25) is 4.79 Å². The van der Waals surface area contributed by atoms with Crippen molar-refractivity contribution < 1.29 is 9.63 Å². The summed E-state index contributed by atoms with van der Waals surface area (Å²) < 4.78 is 0. The predicted octanol–water partition coefficient (Wildman–Crippen LogP) is 1.77. The van der Waals surface area contributed by atoms with Crippen LogP contribution in [0.15, 0.2) is 0 Å². The molecule has 0 amide bonds. The monoisotopic (exact) mass is 185 g/mol. The molecule has 0 spiro atoms. The van der Waals surface area contributed by atoms with Crippen LogP contribution in [0.1, 0.15) is 40.5 Å². The van der Waals surface area contributed by atoms with Gasteiger partial charge in [0.05, 0.1) is 12.6 Å². The maximum Gasteiger partial charge on any atom is 0.154 e.